The highest BCUT2D eigenvalue weighted by molar-refractivity contribution is 14.1. The second-order valence-electron chi connectivity index (χ2n) is 8.05. The number of benzene rings is 3. The van der Waals surface area contributed by atoms with E-state index in [2.05, 4.69) is 48.6 Å². The van der Waals surface area contributed by atoms with Gasteiger partial charge in [-0.2, -0.15) is 9.78 Å². The molecule has 190 valence electrons. The monoisotopic (exact) mass is 676 g/mol. The smallest absolute Gasteiger partial charge is 0.282 e. The van der Waals surface area contributed by atoms with Gasteiger partial charge in [0.15, 0.2) is 11.5 Å². The van der Waals surface area contributed by atoms with Crippen molar-refractivity contribution in [2.24, 2.45) is 5.10 Å². The van der Waals surface area contributed by atoms with Crippen molar-refractivity contribution in [2.45, 2.75) is 26.4 Å². The molecule has 0 fully saturated rings. The van der Waals surface area contributed by atoms with Gasteiger partial charge < -0.3 is 9.47 Å². The van der Waals surface area contributed by atoms with Gasteiger partial charge in [-0.3, -0.25) is 14.9 Å². The number of nitro groups is 1. The van der Waals surface area contributed by atoms with Crippen LogP contribution in [0.4, 0.5) is 5.69 Å². The predicted octanol–water partition coefficient (Wildman–Crippen LogP) is 6.09. The molecule has 1 heterocycles. The van der Waals surface area contributed by atoms with Gasteiger partial charge in [-0.25, -0.2) is 4.98 Å². The van der Waals surface area contributed by atoms with Crippen molar-refractivity contribution in [3.63, 3.8) is 0 Å². The largest absolute Gasteiger partial charge is 0.493 e. The van der Waals surface area contributed by atoms with E-state index in [1.807, 2.05) is 25.1 Å². The van der Waals surface area contributed by atoms with Crippen LogP contribution in [0.1, 0.15) is 30.3 Å². The maximum atomic E-state index is 13.2. The van der Waals surface area contributed by atoms with Gasteiger partial charge in [0.2, 0.25) is 0 Å². The third kappa shape index (κ3) is 6.16. The summed E-state index contributed by atoms with van der Waals surface area (Å²) < 4.78 is 14.4. The molecule has 4 aromatic rings. The standard InChI is InChI=1S/C26H22BrIN4O5/c1-3-5-24-30-22-9-8-18(27)13-20(22)26(33)31(24)29-14-17-11-21(28)25(23(12-17)36-2)37-15-16-6-4-7-19(10-16)32(34)35/h4,6-14H,3,5,15H2,1-2H3. The van der Waals surface area contributed by atoms with E-state index in [-0.39, 0.29) is 17.9 Å². The van der Waals surface area contributed by atoms with Crippen LogP contribution in [0.15, 0.2) is 69.0 Å². The van der Waals surface area contributed by atoms with E-state index >= 15 is 0 Å². The number of aromatic nitrogens is 2. The Morgan fingerprint density at radius 1 is 1.22 bits per heavy atom. The highest BCUT2D eigenvalue weighted by Gasteiger charge is 2.14. The molecule has 0 saturated heterocycles. The molecule has 11 heteroatoms. The summed E-state index contributed by atoms with van der Waals surface area (Å²) in [5, 5.41) is 16.0. The fourth-order valence-corrected chi connectivity index (χ4v) is 4.84. The molecule has 0 radical (unpaired) electrons. The Bertz CT molecular complexity index is 1570. The van der Waals surface area contributed by atoms with Gasteiger partial charge in [0, 0.05) is 23.0 Å². The lowest BCUT2D eigenvalue weighted by molar-refractivity contribution is -0.384. The van der Waals surface area contributed by atoms with E-state index in [1.165, 1.54) is 23.9 Å². The molecule has 0 N–H and O–H groups in total. The molecule has 0 amide bonds. The highest BCUT2D eigenvalue weighted by Crippen LogP contribution is 2.34. The van der Waals surface area contributed by atoms with E-state index in [0.29, 0.717) is 45.8 Å². The van der Waals surface area contributed by atoms with Crippen LogP contribution in [0.5, 0.6) is 11.5 Å². The molecule has 0 atom stereocenters. The number of rotatable bonds is 9. The Kier molecular flexibility index (Phi) is 8.54. The molecule has 0 aliphatic heterocycles. The second kappa shape index (κ2) is 11.8. The van der Waals surface area contributed by atoms with Crippen LogP contribution in [0.25, 0.3) is 10.9 Å². The number of hydrogen-bond acceptors (Lipinski definition) is 7. The molecule has 0 aliphatic carbocycles. The molecular weight excluding hydrogens is 655 g/mol. The molecule has 37 heavy (non-hydrogen) atoms. The maximum absolute atomic E-state index is 13.2. The Hall–Kier alpha value is -3.32. The number of non-ortho nitro benzene ring substituents is 1. The van der Waals surface area contributed by atoms with Gasteiger partial charge in [-0.05, 0) is 70.5 Å². The molecule has 4 rings (SSSR count). The minimum absolute atomic E-state index is 0.00236. The van der Waals surface area contributed by atoms with Crippen LogP contribution < -0.4 is 15.0 Å². The minimum Gasteiger partial charge on any atom is -0.493 e. The number of fused-ring (bicyclic) bond motifs is 1. The van der Waals surface area contributed by atoms with Crippen LogP contribution >= 0.6 is 38.5 Å². The van der Waals surface area contributed by atoms with E-state index in [0.717, 1.165) is 14.5 Å². The summed E-state index contributed by atoms with van der Waals surface area (Å²) in [5.74, 6) is 1.56. The van der Waals surface area contributed by atoms with Crippen molar-refractivity contribution in [2.75, 3.05) is 7.11 Å². The zero-order valence-electron chi connectivity index (χ0n) is 20.0. The zero-order chi connectivity index (χ0) is 26.5. The third-order valence-corrected chi connectivity index (χ3v) is 6.72. The molecule has 3 aromatic carbocycles. The van der Waals surface area contributed by atoms with E-state index in [1.54, 1.807) is 30.5 Å². The number of aryl methyl sites for hydroxylation is 1. The van der Waals surface area contributed by atoms with E-state index < -0.39 is 4.92 Å². The Morgan fingerprint density at radius 2 is 2.03 bits per heavy atom. The van der Waals surface area contributed by atoms with Gasteiger partial charge in [0.05, 0.1) is 32.7 Å². The van der Waals surface area contributed by atoms with Gasteiger partial charge in [0.1, 0.15) is 12.4 Å². The van der Waals surface area contributed by atoms with Gasteiger partial charge in [-0.15, -0.1) is 0 Å². The van der Waals surface area contributed by atoms with Crippen molar-refractivity contribution in [1.82, 2.24) is 9.66 Å². The fourth-order valence-electron chi connectivity index (χ4n) is 3.69. The predicted molar refractivity (Wildman–Crippen MR) is 154 cm³/mol. The zero-order valence-corrected chi connectivity index (χ0v) is 23.7. The summed E-state index contributed by atoms with van der Waals surface area (Å²) in [6.45, 7) is 2.15. The number of ether oxygens (including phenoxy) is 2. The second-order valence-corrected chi connectivity index (χ2v) is 10.1. The quantitative estimate of drug-likeness (QED) is 0.0919. The Balaban J connectivity index is 1.65. The summed E-state index contributed by atoms with van der Waals surface area (Å²) in [6.07, 6.45) is 3.00. The molecule has 0 bridgehead atoms. The summed E-state index contributed by atoms with van der Waals surface area (Å²) in [5.41, 5.74) is 1.75. The first-order valence-electron chi connectivity index (χ1n) is 11.3. The van der Waals surface area contributed by atoms with E-state index in [4.69, 9.17) is 9.47 Å². The van der Waals surface area contributed by atoms with Gasteiger partial charge in [0.25, 0.3) is 11.2 Å². The van der Waals surface area contributed by atoms with Crippen molar-refractivity contribution < 1.29 is 14.4 Å². The lowest BCUT2D eigenvalue weighted by Crippen LogP contribution is -2.22. The third-order valence-electron chi connectivity index (χ3n) is 5.43. The molecule has 0 spiro atoms. The molecule has 9 nitrogen and oxygen atoms in total. The average molecular weight is 677 g/mol. The fraction of sp³-hybridized carbons (Fsp3) is 0.192. The van der Waals surface area contributed by atoms with Crippen molar-refractivity contribution in [1.29, 1.82) is 0 Å². The number of nitro benzene ring substituents is 1. The number of hydrogen-bond donors (Lipinski definition) is 0. The first-order chi connectivity index (χ1) is 17.8. The highest BCUT2D eigenvalue weighted by atomic mass is 127. The first kappa shape index (κ1) is 26.7. The van der Waals surface area contributed by atoms with Crippen LogP contribution in [0.3, 0.4) is 0 Å². The molecule has 0 saturated carbocycles. The van der Waals surface area contributed by atoms with Crippen LogP contribution in [0, 0.1) is 13.7 Å². The SMILES string of the molecule is CCCc1nc2ccc(Br)cc2c(=O)n1N=Cc1cc(I)c(OCc2cccc([N+](=O)[O-])c2)c(OC)c1. The lowest BCUT2D eigenvalue weighted by atomic mass is 10.2. The summed E-state index contributed by atoms with van der Waals surface area (Å²) in [6, 6.07) is 15.3. The summed E-state index contributed by atoms with van der Waals surface area (Å²) in [4.78, 5) is 28.5. The minimum atomic E-state index is -0.441. The molecule has 1 aromatic heterocycles. The topological polar surface area (TPSA) is 109 Å². The number of nitrogens with zero attached hydrogens (tertiary/aromatic N) is 4. The molecule has 0 aliphatic rings. The van der Waals surface area contributed by atoms with Crippen molar-refractivity contribution in [3.8, 4) is 11.5 Å². The van der Waals surface area contributed by atoms with Crippen molar-refractivity contribution in [3.05, 3.63) is 100 Å². The Morgan fingerprint density at radius 3 is 2.76 bits per heavy atom. The first-order valence-corrected chi connectivity index (χ1v) is 13.2. The summed E-state index contributed by atoms with van der Waals surface area (Å²) >= 11 is 5.54. The molecular formula is C26H22BrIN4O5. The van der Waals surface area contributed by atoms with Crippen LogP contribution in [-0.4, -0.2) is 27.9 Å². The summed E-state index contributed by atoms with van der Waals surface area (Å²) in [7, 11) is 1.53. The molecule has 0 unspecified atom stereocenters. The Labute approximate surface area is 234 Å². The maximum Gasteiger partial charge on any atom is 0.282 e. The van der Waals surface area contributed by atoms with Gasteiger partial charge in [-0.1, -0.05) is 35.0 Å². The number of methoxy groups -OCH3 is 1. The average Bonchev–Trinajstić information content (AvgIpc) is 2.88. The van der Waals surface area contributed by atoms with E-state index in [9.17, 15) is 14.9 Å². The van der Waals surface area contributed by atoms with Gasteiger partial charge >= 0.3 is 0 Å². The number of halogens is 2. The lowest BCUT2D eigenvalue weighted by Gasteiger charge is -2.14. The van der Waals surface area contributed by atoms with Crippen LogP contribution in [0.2, 0.25) is 0 Å². The normalized spacial score (nSPS) is 11.2. The van der Waals surface area contributed by atoms with Crippen molar-refractivity contribution >= 4 is 61.3 Å². The van der Waals surface area contributed by atoms with Crippen LogP contribution in [-0.2, 0) is 13.0 Å².